The molecule has 4 aromatic rings. The highest BCUT2D eigenvalue weighted by Crippen LogP contribution is 2.39. The molecule has 0 atom stereocenters. The Balaban J connectivity index is 1.49. The van der Waals surface area contributed by atoms with Gasteiger partial charge in [0.25, 0.3) is 0 Å². The Morgan fingerprint density at radius 2 is 1.68 bits per heavy atom. The summed E-state index contributed by atoms with van der Waals surface area (Å²) in [6, 6.07) is 22.5. The summed E-state index contributed by atoms with van der Waals surface area (Å²) in [6.45, 7) is 2.94. The van der Waals surface area contributed by atoms with Crippen molar-refractivity contribution in [2.45, 2.75) is 13.1 Å². The van der Waals surface area contributed by atoms with Crippen LogP contribution in [0.3, 0.4) is 0 Å². The van der Waals surface area contributed by atoms with Crippen LogP contribution < -0.4 is 18.9 Å². The average molecular weight is 457 g/mol. The molecule has 0 bridgehead atoms. The first kappa shape index (κ1) is 22.0. The SMILES string of the molecule is COc1cccc(-c2cc3c(c(OC)c2)OCCN(Cc2ccc(OC)c4ccccc24)C3)n1. The highest BCUT2D eigenvalue weighted by atomic mass is 16.5. The maximum absolute atomic E-state index is 6.17. The molecule has 5 rings (SSSR count). The van der Waals surface area contributed by atoms with Gasteiger partial charge in [-0.2, -0.15) is 0 Å². The Kier molecular flexibility index (Phi) is 6.23. The Morgan fingerprint density at radius 3 is 2.47 bits per heavy atom. The second-order valence-corrected chi connectivity index (χ2v) is 8.26. The molecular weight excluding hydrogens is 428 g/mol. The number of benzene rings is 3. The number of pyridine rings is 1. The molecule has 34 heavy (non-hydrogen) atoms. The molecule has 0 fully saturated rings. The van der Waals surface area contributed by atoms with Gasteiger partial charge in [-0.15, -0.1) is 0 Å². The Hall–Kier alpha value is -3.77. The minimum Gasteiger partial charge on any atom is -0.496 e. The fourth-order valence-corrected chi connectivity index (χ4v) is 4.55. The van der Waals surface area contributed by atoms with Gasteiger partial charge in [0.05, 0.1) is 27.0 Å². The number of methoxy groups -OCH3 is 3. The Labute approximate surface area is 199 Å². The monoisotopic (exact) mass is 456 g/mol. The molecule has 0 radical (unpaired) electrons. The van der Waals surface area contributed by atoms with E-state index in [1.165, 1.54) is 10.9 Å². The first-order valence-corrected chi connectivity index (χ1v) is 11.3. The lowest BCUT2D eigenvalue weighted by atomic mass is 10.0. The van der Waals surface area contributed by atoms with E-state index in [1.54, 1.807) is 21.3 Å². The van der Waals surface area contributed by atoms with Gasteiger partial charge in [-0.05, 0) is 35.2 Å². The van der Waals surface area contributed by atoms with E-state index in [-0.39, 0.29) is 0 Å². The maximum atomic E-state index is 6.17. The summed E-state index contributed by atoms with van der Waals surface area (Å²) < 4.78 is 22.8. The largest absolute Gasteiger partial charge is 0.496 e. The molecule has 6 heteroatoms. The average Bonchev–Trinajstić information content (AvgIpc) is 3.10. The molecule has 1 aromatic heterocycles. The quantitative estimate of drug-likeness (QED) is 0.391. The third-order valence-corrected chi connectivity index (χ3v) is 6.22. The van der Waals surface area contributed by atoms with Crippen LogP contribution in [0.25, 0.3) is 22.0 Å². The zero-order valence-corrected chi connectivity index (χ0v) is 19.7. The van der Waals surface area contributed by atoms with Crippen LogP contribution in [-0.2, 0) is 13.1 Å². The number of fused-ring (bicyclic) bond motifs is 2. The predicted octanol–water partition coefficient (Wildman–Crippen LogP) is 5.32. The molecule has 0 aliphatic carbocycles. The van der Waals surface area contributed by atoms with E-state index >= 15 is 0 Å². The molecule has 0 unspecified atom stereocenters. The van der Waals surface area contributed by atoms with Gasteiger partial charge in [-0.1, -0.05) is 36.4 Å². The lowest BCUT2D eigenvalue weighted by Crippen LogP contribution is -2.25. The van der Waals surface area contributed by atoms with Crippen LogP contribution >= 0.6 is 0 Å². The summed E-state index contributed by atoms with van der Waals surface area (Å²) in [5, 5.41) is 2.33. The second-order valence-electron chi connectivity index (χ2n) is 8.26. The van der Waals surface area contributed by atoms with E-state index in [1.807, 2.05) is 30.3 Å². The lowest BCUT2D eigenvalue weighted by molar-refractivity contribution is 0.217. The van der Waals surface area contributed by atoms with Crippen molar-refractivity contribution in [3.05, 3.63) is 77.9 Å². The Morgan fingerprint density at radius 1 is 0.853 bits per heavy atom. The van der Waals surface area contributed by atoms with Gasteiger partial charge in [-0.25, -0.2) is 4.98 Å². The van der Waals surface area contributed by atoms with Crippen LogP contribution in [0.4, 0.5) is 0 Å². The summed E-state index contributed by atoms with van der Waals surface area (Å²) in [7, 11) is 5.01. The standard InChI is InChI=1S/C28H28N2O4/c1-31-25-12-11-19(22-7-4-5-8-23(22)25)17-30-13-14-34-28-21(18-30)15-20(16-26(28)32-2)24-9-6-10-27(29-24)33-3/h4-12,15-16H,13-14,17-18H2,1-3H3. The topological polar surface area (TPSA) is 53.0 Å². The number of rotatable bonds is 6. The first-order valence-electron chi connectivity index (χ1n) is 11.3. The van der Waals surface area contributed by atoms with Crippen LogP contribution in [0.5, 0.6) is 23.1 Å². The van der Waals surface area contributed by atoms with Crippen LogP contribution in [-0.4, -0.2) is 44.4 Å². The molecule has 0 N–H and O–H groups in total. The fourth-order valence-electron chi connectivity index (χ4n) is 4.55. The fraction of sp³-hybridized carbons (Fsp3) is 0.250. The summed E-state index contributed by atoms with van der Waals surface area (Å²) in [6.07, 6.45) is 0. The maximum Gasteiger partial charge on any atom is 0.213 e. The van der Waals surface area contributed by atoms with Crippen molar-refractivity contribution >= 4 is 10.8 Å². The molecule has 174 valence electrons. The van der Waals surface area contributed by atoms with E-state index in [9.17, 15) is 0 Å². The van der Waals surface area contributed by atoms with Crippen molar-refractivity contribution in [1.29, 1.82) is 0 Å². The molecule has 6 nitrogen and oxygen atoms in total. The van der Waals surface area contributed by atoms with Crippen LogP contribution in [0, 0.1) is 0 Å². The summed E-state index contributed by atoms with van der Waals surface area (Å²) in [5.41, 5.74) is 4.14. The Bertz CT molecular complexity index is 1320. The number of nitrogens with zero attached hydrogens (tertiary/aromatic N) is 2. The van der Waals surface area contributed by atoms with Gasteiger partial charge in [-0.3, -0.25) is 4.90 Å². The zero-order valence-electron chi connectivity index (χ0n) is 19.7. The van der Waals surface area contributed by atoms with Crippen molar-refractivity contribution in [3.63, 3.8) is 0 Å². The van der Waals surface area contributed by atoms with Crippen molar-refractivity contribution in [1.82, 2.24) is 9.88 Å². The summed E-state index contributed by atoms with van der Waals surface area (Å²) in [4.78, 5) is 7.01. The minimum atomic E-state index is 0.579. The first-order chi connectivity index (χ1) is 16.7. The van der Waals surface area contributed by atoms with E-state index in [0.717, 1.165) is 53.3 Å². The highest BCUT2D eigenvalue weighted by Gasteiger charge is 2.22. The second kappa shape index (κ2) is 9.61. The van der Waals surface area contributed by atoms with Gasteiger partial charge in [0.1, 0.15) is 12.4 Å². The smallest absolute Gasteiger partial charge is 0.213 e. The minimum absolute atomic E-state index is 0.579. The molecule has 0 amide bonds. The molecule has 1 aliphatic heterocycles. The molecule has 0 saturated heterocycles. The molecule has 1 aliphatic rings. The van der Waals surface area contributed by atoms with E-state index < -0.39 is 0 Å². The lowest BCUT2D eigenvalue weighted by Gasteiger charge is -2.21. The van der Waals surface area contributed by atoms with Gasteiger partial charge >= 0.3 is 0 Å². The third-order valence-electron chi connectivity index (χ3n) is 6.22. The third kappa shape index (κ3) is 4.24. The van der Waals surface area contributed by atoms with Crippen molar-refractivity contribution < 1.29 is 18.9 Å². The molecule has 2 heterocycles. The van der Waals surface area contributed by atoms with Gasteiger partial charge in [0.2, 0.25) is 5.88 Å². The summed E-state index contributed by atoms with van der Waals surface area (Å²) >= 11 is 0. The van der Waals surface area contributed by atoms with E-state index in [2.05, 4.69) is 46.3 Å². The number of ether oxygens (including phenoxy) is 4. The predicted molar refractivity (Wildman–Crippen MR) is 133 cm³/mol. The van der Waals surface area contributed by atoms with Gasteiger partial charge in [0, 0.05) is 42.2 Å². The van der Waals surface area contributed by atoms with Crippen molar-refractivity contribution in [2.75, 3.05) is 34.5 Å². The number of hydrogen-bond acceptors (Lipinski definition) is 6. The number of hydrogen-bond donors (Lipinski definition) is 0. The molecule has 0 saturated carbocycles. The van der Waals surface area contributed by atoms with Crippen molar-refractivity contribution in [2.24, 2.45) is 0 Å². The van der Waals surface area contributed by atoms with Gasteiger partial charge < -0.3 is 18.9 Å². The number of aromatic nitrogens is 1. The van der Waals surface area contributed by atoms with E-state index in [4.69, 9.17) is 18.9 Å². The van der Waals surface area contributed by atoms with Crippen LogP contribution in [0.15, 0.2) is 66.7 Å². The normalized spacial score (nSPS) is 13.6. The molecule has 3 aromatic carbocycles. The summed E-state index contributed by atoms with van der Waals surface area (Å²) in [5.74, 6) is 2.99. The highest BCUT2D eigenvalue weighted by molar-refractivity contribution is 5.91. The van der Waals surface area contributed by atoms with Crippen LogP contribution in [0.2, 0.25) is 0 Å². The van der Waals surface area contributed by atoms with Crippen molar-refractivity contribution in [3.8, 4) is 34.4 Å². The van der Waals surface area contributed by atoms with Crippen LogP contribution in [0.1, 0.15) is 11.1 Å². The molecular formula is C28H28N2O4. The molecule has 0 spiro atoms. The van der Waals surface area contributed by atoms with E-state index in [0.29, 0.717) is 18.2 Å². The zero-order chi connectivity index (χ0) is 23.5. The van der Waals surface area contributed by atoms with Gasteiger partial charge in [0.15, 0.2) is 11.5 Å².